The minimum Gasteiger partial charge on any atom is -0.268 e. The van der Waals surface area contributed by atoms with Crippen LogP contribution in [-0.4, -0.2) is 39.8 Å². The number of aromatic nitrogens is 2. The van der Waals surface area contributed by atoms with Crippen molar-refractivity contribution in [1.29, 1.82) is 0 Å². The van der Waals surface area contributed by atoms with E-state index in [1.165, 1.54) is 12.1 Å². The van der Waals surface area contributed by atoms with Gasteiger partial charge in [0.2, 0.25) is 0 Å². The SMILES string of the molecule is O=c1ccc(=O)[nH][nH]1.[Na]. The van der Waals surface area contributed by atoms with Crippen LogP contribution in [0.5, 0.6) is 0 Å². The van der Waals surface area contributed by atoms with Crippen LogP contribution in [0.15, 0.2) is 21.7 Å². The maximum atomic E-state index is 10.2. The number of hydrogen-bond donors (Lipinski definition) is 2. The van der Waals surface area contributed by atoms with E-state index in [4.69, 9.17) is 0 Å². The van der Waals surface area contributed by atoms with Gasteiger partial charge in [0.1, 0.15) is 0 Å². The summed E-state index contributed by atoms with van der Waals surface area (Å²) in [4.78, 5) is 20.4. The second-order valence-corrected chi connectivity index (χ2v) is 1.31. The van der Waals surface area contributed by atoms with Gasteiger partial charge in [0.15, 0.2) is 0 Å². The fraction of sp³-hybridized carbons (Fsp3) is 0. The molecule has 1 aromatic heterocycles. The van der Waals surface area contributed by atoms with Gasteiger partial charge < -0.3 is 0 Å². The van der Waals surface area contributed by atoms with Gasteiger partial charge in [0.05, 0.1) is 0 Å². The molecule has 0 saturated heterocycles. The smallest absolute Gasteiger partial charge is 0.262 e. The fourth-order valence-electron chi connectivity index (χ4n) is 0.358. The van der Waals surface area contributed by atoms with Crippen molar-refractivity contribution in [2.24, 2.45) is 0 Å². The van der Waals surface area contributed by atoms with Crippen LogP contribution in [0, 0.1) is 0 Å². The van der Waals surface area contributed by atoms with Crippen LogP contribution in [0.3, 0.4) is 0 Å². The number of nitrogens with one attached hydrogen (secondary N) is 2. The topological polar surface area (TPSA) is 65.7 Å². The molecule has 0 saturated carbocycles. The Labute approximate surface area is 72.6 Å². The Hall–Kier alpha value is -0.320. The van der Waals surface area contributed by atoms with Gasteiger partial charge in [-0.15, -0.1) is 0 Å². The molecule has 1 radical (unpaired) electrons. The molecule has 1 rings (SSSR count). The molecular weight excluding hydrogens is 131 g/mol. The van der Waals surface area contributed by atoms with E-state index in [1.807, 2.05) is 0 Å². The third-order valence-corrected chi connectivity index (χ3v) is 0.695. The normalized spacial score (nSPS) is 8.00. The van der Waals surface area contributed by atoms with Crippen LogP contribution in [0.4, 0.5) is 0 Å². The minimum absolute atomic E-state index is 0. The van der Waals surface area contributed by atoms with Crippen LogP contribution in [0.25, 0.3) is 0 Å². The van der Waals surface area contributed by atoms with E-state index >= 15 is 0 Å². The first-order valence-electron chi connectivity index (χ1n) is 2.07. The van der Waals surface area contributed by atoms with Crippen molar-refractivity contribution in [3.8, 4) is 0 Å². The van der Waals surface area contributed by atoms with Crippen molar-refractivity contribution in [2.45, 2.75) is 0 Å². The second-order valence-electron chi connectivity index (χ2n) is 1.31. The summed E-state index contributed by atoms with van der Waals surface area (Å²) in [5.41, 5.74) is -0.603. The van der Waals surface area contributed by atoms with Crippen LogP contribution in [0.1, 0.15) is 0 Å². The van der Waals surface area contributed by atoms with Crippen molar-refractivity contribution in [3.63, 3.8) is 0 Å². The molecule has 1 aromatic rings. The van der Waals surface area contributed by atoms with E-state index in [-0.39, 0.29) is 40.7 Å². The Kier molecular flexibility index (Phi) is 3.53. The monoisotopic (exact) mass is 135 g/mol. The average molecular weight is 135 g/mol. The summed E-state index contributed by atoms with van der Waals surface area (Å²) in [6, 6.07) is 2.33. The molecule has 0 fully saturated rings. The summed E-state index contributed by atoms with van der Waals surface area (Å²) < 4.78 is 0. The maximum absolute atomic E-state index is 10.2. The van der Waals surface area contributed by atoms with Gasteiger partial charge in [-0.1, -0.05) is 0 Å². The first-order valence-corrected chi connectivity index (χ1v) is 2.07. The second kappa shape index (κ2) is 3.66. The molecule has 0 spiro atoms. The van der Waals surface area contributed by atoms with Crippen molar-refractivity contribution in [1.82, 2.24) is 10.2 Å². The van der Waals surface area contributed by atoms with E-state index in [1.54, 1.807) is 0 Å². The molecule has 5 heteroatoms. The molecule has 4 nitrogen and oxygen atoms in total. The predicted molar refractivity (Wildman–Crippen MR) is 33.4 cm³/mol. The van der Waals surface area contributed by atoms with Gasteiger partial charge in [-0.3, -0.25) is 19.8 Å². The molecule has 0 aromatic carbocycles. The van der Waals surface area contributed by atoms with Crippen LogP contribution >= 0.6 is 0 Å². The van der Waals surface area contributed by atoms with Crippen LogP contribution in [-0.2, 0) is 0 Å². The molecular formula is C4H4N2NaO2. The van der Waals surface area contributed by atoms with Crippen LogP contribution < -0.4 is 11.1 Å². The average Bonchev–Trinajstić information content (AvgIpc) is 1.77. The standard InChI is InChI=1S/C4H4N2O2.Na/c7-3-1-2-4(8)6-5-3;/h1-2H,(H,5,7)(H,6,8);. The molecule has 0 aliphatic heterocycles. The van der Waals surface area contributed by atoms with Crippen molar-refractivity contribution in [2.75, 3.05) is 0 Å². The number of H-pyrrole nitrogens is 2. The Morgan fingerprint density at radius 1 is 1.00 bits per heavy atom. The van der Waals surface area contributed by atoms with Crippen molar-refractivity contribution < 1.29 is 0 Å². The third-order valence-electron chi connectivity index (χ3n) is 0.695. The summed E-state index contributed by atoms with van der Waals surface area (Å²) in [5, 5.41) is 4.21. The Balaban J connectivity index is 0.000000640. The largest absolute Gasteiger partial charge is 0.268 e. The zero-order valence-corrected chi connectivity index (χ0v) is 6.97. The maximum Gasteiger partial charge on any atom is 0.262 e. The Bertz CT molecular complexity index is 224. The minimum atomic E-state index is -0.301. The summed E-state index contributed by atoms with van der Waals surface area (Å²) in [7, 11) is 0. The molecule has 0 aliphatic rings. The Morgan fingerprint density at radius 2 is 1.33 bits per heavy atom. The number of aromatic amines is 2. The Morgan fingerprint density at radius 3 is 1.56 bits per heavy atom. The van der Waals surface area contributed by atoms with E-state index in [2.05, 4.69) is 10.2 Å². The molecule has 0 unspecified atom stereocenters. The number of hydrogen-bond acceptors (Lipinski definition) is 2. The quantitative estimate of drug-likeness (QED) is 0.433. The molecule has 43 valence electrons. The van der Waals surface area contributed by atoms with E-state index in [0.29, 0.717) is 0 Å². The van der Waals surface area contributed by atoms with Gasteiger partial charge in [-0.05, 0) is 0 Å². The molecule has 9 heavy (non-hydrogen) atoms. The predicted octanol–water partition coefficient (Wildman–Crippen LogP) is -1.32. The van der Waals surface area contributed by atoms with Gasteiger partial charge in [-0.25, -0.2) is 0 Å². The first-order chi connectivity index (χ1) is 3.79. The molecule has 0 bridgehead atoms. The molecule has 0 atom stereocenters. The van der Waals surface area contributed by atoms with Crippen LogP contribution in [0.2, 0.25) is 0 Å². The van der Waals surface area contributed by atoms with E-state index in [9.17, 15) is 9.59 Å². The summed E-state index contributed by atoms with van der Waals surface area (Å²) in [6.07, 6.45) is 0. The fourth-order valence-corrected chi connectivity index (χ4v) is 0.358. The van der Waals surface area contributed by atoms with Gasteiger partial charge >= 0.3 is 0 Å². The summed E-state index contributed by atoms with van der Waals surface area (Å²) >= 11 is 0. The van der Waals surface area contributed by atoms with E-state index < -0.39 is 0 Å². The van der Waals surface area contributed by atoms with Gasteiger partial charge in [-0.2, -0.15) is 0 Å². The van der Waals surface area contributed by atoms with Gasteiger partial charge in [0, 0.05) is 41.7 Å². The molecule has 0 aliphatic carbocycles. The molecule has 2 N–H and O–H groups in total. The summed E-state index contributed by atoms with van der Waals surface area (Å²) in [6.45, 7) is 0. The summed E-state index contributed by atoms with van der Waals surface area (Å²) in [5.74, 6) is 0. The third kappa shape index (κ3) is 2.64. The zero-order chi connectivity index (χ0) is 5.98. The van der Waals surface area contributed by atoms with Crippen molar-refractivity contribution in [3.05, 3.63) is 32.8 Å². The van der Waals surface area contributed by atoms with Gasteiger partial charge in [0.25, 0.3) is 11.1 Å². The molecule has 0 amide bonds. The molecule has 1 heterocycles. The van der Waals surface area contributed by atoms with Crippen molar-refractivity contribution >= 4 is 29.6 Å². The zero-order valence-electron chi connectivity index (χ0n) is 4.97. The number of rotatable bonds is 0. The first kappa shape index (κ1) is 8.68. The van der Waals surface area contributed by atoms with E-state index in [0.717, 1.165) is 0 Å².